The normalized spacial score (nSPS) is 18.0. The summed E-state index contributed by atoms with van der Waals surface area (Å²) in [5.74, 6) is -1.51. The molecule has 0 spiro atoms. The molecule has 1 unspecified atom stereocenters. The summed E-state index contributed by atoms with van der Waals surface area (Å²) >= 11 is 0. The van der Waals surface area contributed by atoms with Gasteiger partial charge in [-0.3, -0.25) is 14.4 Å². The van der Waals surface area contributed by atoms with E-state index in [1.54, 1.807) is 29.2 Å². The fraction of sp³-hybridized carbons (Fsp3) is 0.348. The van der Waals surface area contributed by atoms with E-state index in [-0.39, 0.29) is 18.4 Å². The predicted molar refractivity (Wildman–Crippen MR) is 113 cm³/mol. The highest BCUT2D eigenvalue weighted by molar-refractivity contribution is 6.39. The number of benzene rings is 2. The number of anilines is 2. The molecule has 1 aliphatic carbocycles. The van der Waals surface area contributed by atoms with Crippen LogP contribution in [0.4, 0.5) is 11.4 Å². The molecule has 0 aromatic heterocycles. The highest BCUT2D eigenvalue weighted by Gasteiger charge is 2.45. The zero-order valence-electron chi connectivity index (χ0n) is 16.6. The highest BCUT2D eigenvalue weighted by Crippen LogP contribution is 2.45. The third-order valence-corrected chi connectivity index (χ3v) is 5.74. The molecular weight excluding hydrogens is 382 g/mol. The summed E-state index contributed by atoms with van der Waals surface area (Å²) in [5.41, 5.74) is 0.680. The van der Waals surface area contributed by atoms with E-state index in [4.69, 9.17) is 0 Å². The van der Waals surface area contributed by atoms with Crippen molar-refractivity contribution in [2.24, 2.45) is 5.92 Å². The average Bonchev–Trinajstić information content (AvgIpc) is 3.54. The van der Waals surface area contributed by atoms with Crippen LogP contribution in [0.15, 0.2) is 54.6 Å². The maximum Gasteiger partial charge on any atom is 0.313 e. The van der Waals surface area contributed by atoms with E-state index >= 15 is 0 Å². The number of hydrogen-bond acceptors (Lipinski definition) is 4. The lowest BCUT2D eigenvalue weighted by molar-refractivity contribution is -0.137. The number of aliphatic hydroxyl groups is 1. The molecule has 2 fully saturated rings. The monoisotopic (exact) mass is 407 g/mol. The minimum Gasteiger partial charge on any atom is -0.383 e. The fourth-order valence-electron chi connectivity index (χ4n) is 3.93. The van der Waals surface area contributed by atoms with Crippen molar-refractivity contribution in [1.29, 1.82) is 0 Å². The Balaban J connectivity index is 1.38. The van der Waals surface area contributed by atoms with Crippen molar-refractivity contribution >= 4 is 29.1 Å². The van der Waals surface area contributed by atoms with E-state index in [0.29, 0.717) is 24.3 Å². The molecule has 2 aliphatic rings. The molecule has 2 aromatic rings. The molecule has 3 amide bonds. The van der Waals surface area contributed by atoms with Gasteiger partial charge >= 0.3 is 11.8 Å². The molecule has 7 nitrogen and oxygen atoms in total. The number of carbonyl (C=O) groups excluding carboxylic acids is 3. The van der Waals surface area contributed by atoms with E-state index in [1.807, 2.05) is 30.3 Å². The van der Waals surface area contributed by atoms with Crippen LogP contribution in [-0.2, 0) is 20.0 Å². The number of rotatable bonds is 6. The van der Waals surface area contributed by atoms with E-state index in [9.17, 15) is 19.5 Å². The summed E-state index contributed by atoms with van der Waals surface area (Å²) < 4.78 is 0. The molecular formula is C23H25N3O4. The minimum absolute atomic E-state index is 0.0315. The molecule has 1 aliphatic heterocycles. The molecule has 4 rings (SSSR count). The van der Waals surface area contributed by atoms with Crippen LogP contribution in [-0.4, -0.2) is 35.9 Å². The number of nitrogens with zero attached hydrogens (tertiary/aromatic N) is 1. The van der Waals surface area contributed by atoms with Crippen molar-refractivity contribution < 1.29 is 19.5 Å². The van der Waals surface area contributed by atoms with E-state index < -0.39 is 17.4 Å². The predicted octanol–water partition coefficient (Wildman–Crippen LogP) is 2.17. The van der Waals surface area contributed by atoms with Crippen LogP contribution in [0.3, 0.4) is 0 Å². The summed E-state index contributed by atoms with van der Waals surface area (Å²) in [4.78, 5) is 38.3. The largest absolute Gasteiger partial charge is 0.383 e. The SMILES string of the molecule is O=C(NCC(O)(c1ccccc1)C1CC1)C(=O)Nc1cccc(N2CCCC2=O)c1. The lowest BCUT2D eigenvalue weighted by Gasteiger charge is -2.29. The first-order chi connectivity index (χ1) is 14.5. The molecule has 0 bridgehead atoms. The minimum atomic E-state index is -1.19. The molecule has 7 heteroatoms. The first kappa shape index (κ1) is 20.1. The van der Waals surface area contributed by atoms with Gasteiger partial charge in [-0.1, -0.05) is 36.4 Å². The Kier molecular flexibility index (Phi) is 5.55. The molecule has 1 heterocycles. The average molecular weight is 407 g/mol. The maximum absolute atomic E-state index is 12.4. The van der Waals surface area contributed by atoms with Crippen LogP contribution in [0.2, 0.25) is 0 Å². The summed E-state index contributed by atoms with van der Waals surface area (Å²) in [6.45, 7) is 0.617. The van der Waals surface area contributed by atoms with E-state index in [0.717, 1.165) is 24.8 Å². The molecule has 156 valence electrons. The van der Waals surface area contributed by atoms with Crippen molar-refractivity contribution in [3.05, 3.63) is 60.2 Å². The first-order valence-corrected chi connectivity index (χ1v) is 10.2. The van der Waals surface area contributed by atoms with Crippen molar-refractivity contribution in [3.63, 3.8) is 0 Å². The highest BCUT2D eigenvalue weighted by atomic mass is 16.3. The second kappa shape index (κ2) is 8.28. The van der Waals surface area contributed by atoms with E-state index in [1.165, 1.54) is 0 Å². The van der Waals surface area contributed by atoms with Gasteiger partial charge < -0.3 is 20.6 Å². The van der Waals surface area contributed by atoms with Crippen LogP contribution in [0.1, 0.15) is 31.2 Å². The quantitative estimate of drug-likeness (QED) is 0.639. The second-order valence-electron chi connectivity index (χ2n) is 7.90. The Bertz CT molecular complexity index is 958. The third kappa shape index (κ3) is 4.21. The Morgan fingerprint density at radius 3 is 2.50 bits per heavy atom. The molecule has 2 aromatic carbocycles. The molecule has 1 saturated carbocycles. The smallest absolute Gasteiger partial charge is 0.313 e. The summed E-state index contributed by atoms with van der Waals surface area (Å²) in [5, 5.41) is 16.3. The standard InChI is InChI=1S/C23H25N3O4/c27-20-10-5-13-26(20)19-9-4-8-18(14-19)25-22(29)21(28)24-15-23(30,17-11-12-17)16-6-2-1-3-7-16/h1-4,6-9,14,17,30H,5,10-13,15H2,(H,24,28)(H,25,29). The molecule has 0 radical (unpaired) electrons. The zero-order valence-corrected chi connectivity index (χ0v) is 16.6. The summed E-state index contributed by atoms with van der Waals surface area (Å²) in [6, 6.07) is 16.1. The van der Waals surface area contributed by atoms with Gasteiger partial charge in [-0.05, 0) is 48.9 Å². The number of hydrogen-bond donors (Lipinski definition) is 3. The Labute approximate surface area is 175 Å². The van der Waals surface area contributed by atoms with Gasteiger partial charge in [-0.2, -0.15) is 0 Å². The maximum atomic E-state index is 12.4. The van der Waals surface area contributed by atoms with Crippen LogP contribution < -0.4 is 15.5 Å². The Morgan fingerprint density at radius 1 is 1.07 bits per heavy atom. The summed E-state index contributed by atoms with van der Waals surface area (Å²) in [6.07, 6.45) is 3.10. The van der Waals surface area contributed by atoms with Crippen LogP contribution in [0.5, 0.6) is 0 Å². The topological polar surface area (TPSA) is 98.7 Å². The lowest BCUT2D eigenvalue weighted by atomic mass is 9.88. The number of carbonyl (C=O) groups is 3. The van der Waals surface area contributed by atoms with E-state index in [2.05, 4.69) is 10.6 Å². The van der Waals surface area contributed by atoms with Crippen LogP contribution >= 0.6 is 0 Å². The second-order valence-corrected chi connectivity index (χ2v) is 7.90. The van der Waals surface area contributed by atoms with Crippen molar-refractivity contribution in [2.75, 3.05) is 23.3 Å². The Hall–Kier alpha value is -3.19. The zero-order chi connectivity index (χ0) is 21.1. The molecule has 1 saturated heterocycles. The molecule has 30 heavy (non-hydrogen) atoms. The van der Waals surface area contributed by atoms with Gasteiger partial charge in [-0.15, -0.1) is 0 Å². The third-order valence-electron chi connectivity index (χ3n) is 5.74. The Morgan fingerprint density at radius 2 is 1.83 bits per heavy atom. The van der Waals surface area contributed by atoms with Gasteiger partial charge in [0, 0.05) is 24.3 Å². The van der Waals surface area contributed by atoms with Crippen LogP contribution in [0, 0.1) is 5.92 Å². The van der Waals surface area contributed by atoms with Gasteiger partial charge in [0.25, 0.3) is 0 Å². The van der Waals surface area contributed by atoms with Crippen molar-refractivity contribution in [3.8, 4) is 0 Å². The van der Waals surface area contributed by atoms with Gasteiger partial charge in [0.1, 0.15) is 5.60 Å². The summed E-state index contributed by atoms with van der Waals surface area (Å²) in [7, 11) is 0. The number of nitrogens with one attached hydrogen (secondary N) is 2. The van der Waals surface area contributed by atoms with Gasteiger partial charge in [0.15, 0.2) is 0 Å². The van der Waals surface area contributed by atoms with Gasteiger partial charge in [0.05, 0.1) is 6.54 Å². The fourth-order valence-corrected chi connectivity index (χ4v) is 3.93. The van der Waals surface area contributed by atoms with Gasteiger partial charge in [0.2, 0.25) is 5.91 Å². The van der Waals surface area contributed by atoms with Crippen molar-refractivity contribution in [2.45, 2.75) is 31.3 Å². The van der Waals surface area contributed by atoms with Crippen molar-refractivity contribution in [1.82, 2.24) is 5.32 Å². The molecule has 1 atom stereocenters. The van der Waals surface area contributed by atoms with Gasteiger partial charge in [-0.25, -0.2) is 0 Å². The molecule has 3 N–H and O–H groups in total. The lowest BCUT2D eigenvalue weighted by Crippen LogP contribution is -2.45. The first-order valence-electron chi connectivity index (χ1n) is 10.2. The van der Waals surface area contributed by atoms with Crippen LogP contribution in [0.25, 0.3) is 0 Å². The number of amides is 3.